The fourth-order valence-electron chi connectivity index (χ4n) is 2.11. The van der Waals surface area contributed by atoms with Gasteiger partial charge in [0.2, 0.25) is 0 Å². The fourth-order valence-corrected chi connectivity index (χ4v) is 3.20. The van der Waals surface area contributed by atoms with Gasteiger partial charge in [-0.25, -0.2) is 22.9 Å². The van der Waals surface area contributed by atoms with E-state index < -0.39 is 41.5 Å². The number of hydrogen-bond donors (Lipinski definition) is 2. The molecule has 3 aromatic rings. The third-order valence-electron chi connectivity index (χ3n) is 3.34. The van der Waals surface area contributed by atoms with Crippen LogP contribution in [0.25, 0.3) is 10.2 Å². The minimum absolute atomic E-state index is 0.00707. The highest BCUT2D eigenvalue weighted by Crippen LogP contribution is 2.30. The third kappa shape index (κ3) is 3.96. The average molecular weight is 416 g/mol. The number of aromatic nitrogens is 1. The van der Waals surface area contributed by atoms with E-state index in [0.717, 1.165) is 17.4 Å². The molecule has 0 radical (unpaired) electrons. The number of carbonyl (C=O) groups is 2. The Bertz CT molecular complexity index is 1070. The maximum absolute atomic E-state index is 13.6. The number of amides is 1. The van der Waals surface area contributed by atoms with Gasteiger partial charge in [0.25, 0.3) is 5.91 Å². The fraction of sp³-hybridized carbons (Fsp3) is 0.0625. The van der Waals surface area contributed by atoms with Crippen molar-refractivity contribution in [1.82, 2.24) is 4.98 Å². The van der Waals surface area contributed by atoms with Gasteiger partial charge in [0.05, 0.1) is 10.3 Å². The van der Waals surface area contributed by atoms with E-state index in [2.05, 4.69) is 10.3 Å². The van der Waals surface area contributed by atoms with E-state index in [9.17, 15) is 22.8 Å². The van der Waals surface area contributed by atoms with Crippen molar-refractivity contribution in [3.05, 3.63) is 52.3 Å². The maximum atomic E-state index is 13.6. The zero-order chi connectivity index (χ0) is 19.7. The van der Waals surface area contributed by atoms with Gasteiger partial charge in [-0.05, 0) is 24.3 Å². The summed E-state index contributed by atoms with van der Waals surface area (Å²) < 4.78 is 44.9. The zero-order valence-electron chi connectivity index (χ0n) is 13.2. The number of benzene rings is 2. The predicted octanol–water partition coefficient (Wildman–Crippen LogP) is 3.74. The van der Waals surface area contributed by atoms with Crippen LogP contribution in [0.3, 0.4) is 0 Å². The highest BCUT2D eigenvalue weighted by Gasteiger charge is 2.19. The SMILES string of the molecule is Nc1cc(Cl)ccc1C(=O)OCC(=O)Nc1nc2c(F)c(F)c(F)cc2s1. The number of rotatable bonds is 4. The van der Waals surface area contributed by atoms with Crippen LogP contribution in [-0.4, -0.2) is 23.5 Å². The Morgan fingerprint density at radius 3 is 2.67 bits per heavy atom. The lowest BCUT2D eigenvalue weighted by Crippen LogP contribution is -2.21. The Balaban J connectivity index is 1.66. The summed E-state index contributed by atoms with van der Waals surface area (Å²) >= 11 is 6.46. The molecule has 0 aliphatic heterocycles. The molecule has 0 fully saturated rings. The van der Waals surface area contributed by atoms with E-state index in [4.69, 9.17) is 22.1 Å². The lowest BCUT2D eigenvalue weighted by Gasteiger charge is -2.07. The van der Waals surface area contributed by atoms with Gasteiger partial charge in [-0.2, -0.15) is 0 Å². The van der Waals surface area contributed by atoms with Crippen LogP contribution in [0.5, 0.6) is 0 Å². The van der Waals surface area contributed by atoms with Crippen LogP contribution in [0.2, 0.25) is 5.02 Å². The Labute approximate surface area is 158 Å². The molecule has 0 spiro atoms. The summed E-state index contributed by atoms with van der Waals surface area (Å²) in [7, 11) is 0. The number of anilines is 2. The van der Waals surface area contributed by atoms with Crippen LogP contribution < -0.4 is 11.1 Å². The van der Waals surface area contributed by atoms with Crippen molar-refractivity contribution >= 4 is 55.8 Å². The topological polar surface area (TPSA) is 94.3 Å². The van der Waals surface area contributed by atoms with E-state index in [1.807, 2.05) is 0 Å². The standard InChI is InChI=1S/C16H9ClF3N3O3S/c17-6-1-2-7(9(21)3-6)15(25)26-5-11(24)22-16-23-14-10(27-16)4-8(18)12(19)13(14)20/h1-4H,5,21H2,(H,22,23,24). The molecule has 0 aliphatic carbocycles. The smallest absolute Gasteiger partial charge is 0.340 e. The van der Waals surface area contributed by atoms with Crippen LogP contribution in [0, 0.1) is 17.5 Å². The number of halogens is 4. The Kier molecular flexibility index (Phi) is 5.19. The minimum Gasteiger partial charge on any atom is -0.452 e. The molecule has 140 valence electrons. The van der Waals surface area contributed by atoms with Crippen LogP contribution >= 0.6 is 22.9 Å². The van der Waals surface area contributed by atoms with Gasteiger partial charge in [0.15, 0.2) is 29.2 Å². The highest BCUT2D eigenvalue weighted by molar-refractivity contribution is 7.22. The maximum Gasteiger partial charge on any atom is 0.340 e. The van der Waals surface area contributed by atoms with Crippen molar-refractivity contribution in [3.8, 4) is 0 Å². The quantitative estimate of drug-likeness (QED) is 0.384. The number of thiazole rings is 1. The largest absolute Gasteiger partial charge is 0.452 e. The monoisotopic (exact) mass is 415 g/mol. The molecular weight excluding hydrogens is 407 g/mol. The number of fused-ring (bicyclic) bond motifs is 1. The van der Waals surface area contributed by atoms with Crippen molar-refractivity contribution in [2.75, 3.05) is 17.7 Å². The second-order valence-corrected chi connectivity index (χ2v) is 6.68. The van der Waals surface area contributed by atoms with Crippen LogP contribution in [0.15, 0.2) is 24.3 Å². The number of hydrogen-bond acceptors (Lipinski definition) is 6. The first-order valence-electron chi connectivity index (χ1n) is 7.22. The molecule has 3 N–H and O–H groups in total. The second kappa shape index (κ2) is 7.41. The van der Waals surface area contributed by atoms with Crippen molar-refractivity contribution in [2.45, 2.75) is 0 Å². The normalized spacial score (nSPS) is 10.8. The molecule has 1 heterocycles. The zero-order valence-corrected chi connectivity index (χ0v) is 14.8. The molecule has 0 aliphatic rings. The van der Waals surface area contributed by atoms with Crippen molar-refractivity contribution < 1.29 is 27.5 Å². The van der Waals surface area contributed by atoms with E-state index >= 15 is 0 Å². The highest BCUT2D eigenvalue weighted by atomic mass is 35.5. The molecule has 2 aromatic carbocycles. The van der Waals surface area contributed by atoms with Gasteiger partial charge < -0.3 is 10.5 Å². The Morgan fingerprint density at radius 2 is 1.96 bits per heavy atom. The van der Waals surface area contributed by atoms with Crippen LogP contribution in [0.1, 0.15) is 10.4 Å². The average Bonchev–Trinajstić information content (AvgIpc) is 3.00. The molecule has 11 heteroatoms. The van der Waals surface area contributed by atoms with E-state index in [0.29, 0.717) is 5.02 Å². The molecule has 0 saturated carbocycles. The molecule has 1 aromatic heterocycles. The minimum atomic E-state index is -1.65. The summed E-state index contributed by atoms with van der Waals surface area (Å²) in [5.74, 6) is -6.10. The van der Waals surface area contributed by atoms with E-state index in [1.165, 1.54) is 18.2 Å². The molecule has 1 amide bonds. The van der Waals surface area contributed by atoms with E-state index in [1.54, 1.807) is 0 Å². The lowest BCUT2D eigenvalue weighted by molar-refractivity contribution is -0.119. The molecular formula is C16H9ClF3N3O3S. The number of nitrogens with one attached hydrogen (secondary N) is 1. The summed E-state index contributed by atoms with van der Waals surface area (Å²) in [5.41, 5.74) is 5.34. The number of ether oxygens (including phenoxy) is 1. The van der Waals surface area contributed by atoms with Crippen LogP contribution in [0.4, 0.5) is 24.0 Å². The van der Waals surface area contributed by atoms with Gasteiger partial charge >= 0.3 is 5.97 Å². The van der Waals surface area contributed by atoms with Crippen molar-refractivity contribution in [1.29, 1.82) is 0 Å². The summed E-state index contributed by atoms with van der Waals surface area (Å²) in [4.78, 5) is 27.5. The number of carbonyl (C=O) groups excluding carboxylic acids is 2. The van der Waals surface area contributed by atoms with Crippen molar-refractivity contribution in [2.24, 2.45) is 0 Å². The molecule has 0 unspecified atom stereocenters. The number of nitrogen functional groups attached to an aromatic ring is 1. The Morgan fingerprint density at radius 1 is 1.22 bits per heavy atom. The van der Waals surface area contributed by atoms with Gasteiger partial charge in [-0.15, -0.1) is 0 Å². The first-order valence-corrected chi connectivity index (χ1v) is 8.41. The first-order chi connectivity index (χ1) is 12.8. The molecule has 0 atom stereocenters. The third-order valence-corrected chi connectivity index (χ3v) is 4.49. The summed E-state index contributed by atoms with van der Waals surface area (Å²) in [6.07, 6.45) is 0. The molecule has 0 saturated heterocycles. The first kappa shape index (κ1) is 18.9. The van der Waals surface area contributed by atoms with Crippen molar-refractivity contribution in [3.63, 3.8) is 0 Å². The summed E-state index contributed by atoms with van der Waals surface area (Å²) in [5, 5.41) is 2.48. The molecule has 6 nitrogen and oxygen atoms in total. The van der Waals surface area contributed by atoms with Gasteiger partial charge in [-0.1, -0.05) is 22.9 Å². The molecule has 0 bridgehead atoms. The number of nitrogens with zero attached hydrogens (tertiary/aromatic N) is 1. The summed E-state index contributed by atoms with van der Waals surface area (Å²) in [6.45, 7) is -0.679. The second-order valence-electron chi connectivity index (χ2n) is 5.21. The lowest BCUT2D eigenvalue weighted by atomic mass is 10.2. The number of nitrogens with two attached hydrogens (primary N) is 1. The number of esters is 1. The molecule has 27 heavy (non-hydrogen) atoms. The molecule has 3 rings (SSSR count). The van der Waals surface area contributed by atoms with Gasteiger partial charge in [0, 0.05) is 10.7 Å². The van der Waals surface area contributed by atoms with E-state index in [-0.39, 0.29) is 21.1 Å². The predicted molar refractivity (Wildman–Crippen MR) is 94.3 cm³/mol. The summed E-state index contributed by atoms with van der Waals surface area (Å²) in [6, 6.07) is 4.90. The Hall–Kier alpha value is -2.85. The van der Waals surface area contributed by atoms with Gasteiger partial charge in [0.1, 0.15) is 5.52 Å². The van der Waals surface area contributed by atoms with Gasteiger partial charge in [-0.3, -0.25) is 10.1 Å². The van der Waals surface area contributed by atoms with Crippen LogP contribution in [-0.2, 0) is 9.53 Å².